The lowest BCUT2D eigenvalue weighted by Crippen LogP contribution is -2.31. The number of carbonyl (C=O) groups is 1. The fraction of sp³-hybridized carbons (Fsp3) is 0.316. The van der Waals surface area contributed by atoms with Crippen LogP contribution >= 0.6 is 0 Å². The Morgan fingerprint density at radius 1 is 1.08 bits per heavy atom. The molecule has 0 spiro atoms. The van der Waals surface area contributed by atoms with Gasteiger partial charge in [0.15, 0.2) is 0 Å². The molecule has 0 heterocycles. The van der Waals surface area contributed by atoms with Crippen LogP contribution in [0.1, 0.15) is 41.8 Å². The molecule has 0 unspecified atom stereocenters. The van der Waals surface area contributed by atoms with E-state index in [2.05, 4.69) is 10.0 Å². The van der Waals surface area contributed by atoms with Gasteiger partial charge in [0.05, 0.1) is 10.6 Å². The Balaban J connectivity index is 2.20. The number of carbonyl (C=O) groups excluding carboxylic acids is 1. The van der Waals surface area contributed by atoms with Gasteiger partial charge in [-0.2, -0.15) is 0 Å². The number of hydrogen-bond acceptors (Lipinski definition) is 3. The zero-order valence-electron chi connectivity index (χ0n) is 15.0. The molecule has 2 aromatic rings. The molecule has 2 rings (SSSR count). The molecule has 2 N–H and O–H groups in total. The Bertz CT molecular complexity index is 859. The summed E-state index contributed by atoms with van der Waals surface area (Å²) in [6.07, 6.45) is 0.831. The van der Waals surface area contributed by atoms with Gasteiger partial charge < -0.3 is 5.32 Å². The number of nitrogens with one attached hydrogen (secondary N) is 2. The SMILES string of the molecule is CC[C@@H](C)NC(=O)c1ccc(S(=O)(=O)Nc2cccc(C)c2C)cc1. The first kappa shape index (κ1) is 19.0. The van der Waals surface area contributed by atoms with Crippen LogP contribution in [-0.4, -0.2) is 20.4 Å². The van der Waals surface area contributed by atoms with E-state index in [-0.39, 0.29) is 16.8 Å². The Hall–Kier alpha value is -2.34. The van der Waals surface area contributed by atoms with Crippen molar-refractivity contribution >= 4 is 21.6 Å². The lowest BCUT2D eigenvalue weighted by molar-refractivity contribution is 0.0939. The molecule has 0 aliphatic heterocycles. The minimum Gasteiger partial charge on any atom is -0.350 e. The van der Waals surface area contributed by atoms with E-state index >= 15 is 0 Å². The summed E-state index contributed by atoms with van der Waals surface area (Å²) in [6, 6.07) is 11.5. The molecule has 0 saturated heterocycles. The summed E-state index contributed by atoms with van der Waals surface area (Å²) in [7, 11) is -3.70. The minimum absolute atomic E-state index is 0.0712. The van der Waals surface area contributed by atoms with Crippen LogP contribution in [0, 0.1) is 13.8 Å². The first-order valence-electron chi connectivity index (χ1n) is 8.24. The second kappa shape index (κ2) is 7.70. The van der Waals surface area contributed by atoms with Crippen LogP contribution in [0.2, 0.25) is 0 Å². The molecular weight excluding hydrogens is 336 g/mol. The first-order chi connectivity index (χ1) is 11.7. The van der Waals surface area contributed by atoms with E-state index < -0.39 is 10.0 Å². The third-order valence-electron chi connectivity index (χ3n) is 4.27. The lowest BCUT2D eigenvalue weighted by Gasteiger charge is -2.13. The van der Waals surface area contributed by atoms with Crippen LogP contribution in [0.25, 0.3) is 0 Å². The standard InChI is InChI=1S/C19H24N2O3S/c1-5-14(3)20-19(22)16-9-11-17(12-10-16)25(23,24)21-18-8-6-7-13(2)15(18)4/h6-12,14,21H,5H2,1-4H3,(H,20,22)/t14-/m1/s1. The molecule has 0 aromatic heterocycles. The summed E-state index contributed by atoms with van der Waals surface area (Å²) >= 11 is 0. The molecule has 1 amide bonds. The van der Waals surface area contributed by atoms with Gasteiger partial charge in [0.25, 0.3) is 15.9 Å². The van der Waals surface area contributed by atoms with E-state index in [1.165, 1.54) is 24.3 Å². The van der Waals surface area contributed by atoms with Crippen molar-refractivity contribution in [2.45, 2.75) is 45.1 Å². The fourth-order valence-corrected chi connectivity index (χ4v) is 3.38. The highest BCUT2D eigenvalue weighted by molar-refractivity contribution is 7.92. The molecule has 0 saturated carbocycles. The third kappa shape index (κ3) is 4.60. The largest absolute Gasteiger partial charge is 0.350 e. The summed E-state index contributed by atoms with van der Waals surface area (Å²) in [6.45, 7) is 7.71. The molecule has 0 radical (unpaired) electrons. The highest BCUT2D eigenvalue weighted by Gasteiger charge is 2.17. The first-order valence-corrected chi connectivity index (χ1v) is 9.73. The summed E-state index contributed by atoms with van der Waals surface area (Å²) in [5.41, 5.74) is 2.89. The van der Waals surface area contributed by atoms with Gasteiger partial charge in [-0.25, -0.2) is 8.42 Å². The van der Waals surface area contributed by atoms with Gasteiger partial charge in [-0.3, -0.25) is 9.52 Å². The summed E-state index contributed by atoms with van der Waals surface area (Å²) in [5.74, 6) is -0.208. The summed E-state index contributed by atoms with van der Waals surface area (Å²) in [4.78, 5) is 12.2. The van der Waals surface area contributed by atoms with E-state index in [9.17, 15) is 13.2 Å². The number of anilines is 1. The topological polar surface area (TPSA) is 75.3 Å². The minimum atomic E-state index is -3.70. The highest BCUT2D eigenvalue weighted by Crippen LogP contribution is 2.22. The van der Waals surface area contributed by atoms with Crippen molar-refractivity contribution in [1.29, 1.82) is 0 Å². The smallest absolute Gasteiger partial charge is 0.261 e. The maximum Gasteiger partial charge on any atom is 0.261 e. The van der Waals surface area contributed by atoms with Crippen molar-refractivity contribution in [3.05, 3.63) is 59.2 Å². The molecule has 1 atom stereocenters. The molecule has 6 heteroatoms. The average Bonchev–Trinajstić information content (AvgIpc) is 2.58. The summed E-state index contributed by atoms with van der Waals surface area (Å²) in [5, 5.41) is 2.85. The van der Waals surface area contributed by atoms with Crippen molar-refractivity contribution in [2.24, 2.45) is 0 Å². The van der Waals surface area contributed by atoms with E-state index in [1.54, 1.807) is 6.07 Å². The number of amides is 1. The number of aryl methyl sites for hydroxylation is 1. The monoisotopic (exact) mass is 360 g/mol. The van der Waals surface area contributed by atoms with Crippen LogP contribution in [0.5, 0.6) is 0 Å². The Labute approximate surface area is 149 Å². The van der Waals surface area contributed by atoms with E-state index in [4.69, 9.17) is 0 Å². The highest BCUT2D eigenvalue weighted by atomic mass is 32.2. The second-order valence-electron chi connectivity index (χ2n) is 6.16. The molecule has 0 bridgehead atoms. The zero-order chi connectivity index (χ0) is 18.6. The van der Waals surface area contributed by atoms with E-state index in [0.717, 1.165) is 17.5 Å². The zero-order valence-corrected chi connectivity index (χ0v) is 15.8. The Morgan fingerprint density at radius 2 is 1.72 bits per heavy atom. The predicted octanol–water partition coefficient (Wildman–Crippen LogP) is 3.63. The van der Waals surface area contributed by atoms with Gasteiger partial charge in [0, 0.05) is 11.6 Å². The Morgan fingerprint density at radius 3 is 2.32 bits per heavy atom. The quantitative estimate of drug-likeness (QED) is 0.826. The molecule has 0 fully saturated rings. The maximum absolute atomic E-state index is 12.6. The number of benzene rings is 2. The van der Waals surface area contributed by atoms with Gasteiger partial charge in [-0.05, 0) is 68.7 Å². The molecule has 5 nitrogen and oxygen atoms in total. The number of hydrogen-bond donors (Lipinski definition) is 2. The predicted molar refractivity (Wildman–Crippen MR) is 100 cm³/mol. The second-order valence-corrected chi connectivity index (χ2v) is 7.84. The maximum atomic E-state index is 12.6. The molecular formula is C19H24N2O3S. The third-order valence-corrected chi connectivity index (χ3v) is 5.65. The fourth-order valence-electron chi connectivity index (χ4n) is 2.26. The van der Waals surface area contributed by atoms with Gasteiger partial charge in [-0.15, -0.1) is 0 Å². The van der Waals surface area contributed by atoms with Crippen LogP contribution in [0.3, 0.4) is 0 Å². The Kier molecular flexibility index (Phi) is 5.85. The number of sulfonamides is 1. The van der Waals surface area contributed by atoms with Crippen molar-refractivity contribution in [2.75, 3.05) is 4.72 Å². The van der Waals surface area contributed by atoms with Crippen molar-refractivity contribution in [3.63, 3.8) is 0 Å². The van der Waals surface area contributed by atoms with E-state index in [0.29, 0.717) is 11.3 Å². The normalized spacial score (nSPS) is 12.5. The lowest BCUT2D eigenvalue weighted by atomic mass is 10.1. The summed E-state index contributed by atoms with van der Waals surface area (Å²) < 4.78 is 27.7. The van der Waals surface area contributed by atoms with Crippen LogP contribution < -0.4 is 10.0 Å². The van der Waals surface area contributed by atoms with Crippen LogP contribution in [-0.2, 0) is 10.0 Å². The van der Waals surface area contributed by atoms with Gasteiger partial charge >= 0.3 is 0 Å². The van der Waals surface area contributed by atoms with Crippen LogP contribution in [0.15, 0.2) is 47.4 Å². The molecule has 134 valence electrons. The van der Waals surface area contributed by atoms with Crippen molar-refractivity contribution < 1.29 is 13.2 Å². The average molecular weight is 360 g/mol. The molecule has 25 heavy (non-hydrogen) atoms. The van der Waals surface area contributed by atoms with Crippen molar-refractivity contribution in [3.8, 4) is 0 Å². The van der Waals surface area contributed by atoms with Gasteiger partial charge in [0.1, 0.15) is 0 Å². The van der Waals surface area contributed by atoms with Crippen LogP contribution in [0.4, 0.5) is 5.69 Å². The molecule has 2 aromatic carbocycles. The van der Waals surface area contributed by atoms with Crippen molar-refractivity contribution in [1.82, 2.24) is 5.32 Å². The molecule has 0 aliphatic carbocycles. The van der Waals surface area contributed by atoms with Gasteiger partial charge in [-0.1, -0.05) is 19.1 Å². The molecule has 0 aliphatic rings. The van der Waals surface area contributed by atoms with Gasteiger partial charge in [0.2, 0.25) is 0 Å². The van der Waals surface area contributed by atoms with E-state index in [1.807, 2.05) is 39.8 Å². The number of rotatable bonds is 6.